The molecule has 3 aliphatic rings. The minimum atomic E-state index is 0.0691. The number of fused-ring (bicyclic) bond motifs is 1. The van der Waals surface area contributed by atoms with Crippen LogP contribution >= 0.6 is 0 Å². The molecule has 3 heterocycles. The molecular weight excluding hydrogens is 412 g/mol. The van der Waals surface area contributed by atoms with E-state index in [1.54, 1.807) is 0 Å². The van der Waals surface area contributed by atoms with Crippen molar-refractivity contribution in [1.29, 1.82) is 0 Å². The lowest BCUT2D eigenvalue weighted by atomic mass is 9.86. The molecule has 2 aromatic rings. The average molecular weight is 449 g/mol. The summed E-state index contributed by atoms with van der Waals surface area (Å²) in [5.74, 6) is 0.844. The Balaban J connectivity index is 1.27. The number of carbonyl (C=O) groups is 1. The third-order valence-electron chi connectivity index (χ3n) is 7.66. The van der Waals surface area contributed by atoms with Crippen LogP contribution in [-0.2, 0) is 30.5 Å². The van der Waals surface area contributed by atoms with Crippen molar-refractivity contribution in [3.8, 4) is 0 Å². The number of piperidine rings is 1. The zero-order valence-corrected chi connectivity index (χ0v) is 19.6. The summed E-state index contributed by atoms with van der Waals surface area (Å²) in [5.41, 5.74) is 4.54. The number of hydrogen-bond acceptors (Lipinski definition) is 4. The van der Waals surface area contributed by atoms with Gasteiger partial charge in [-0.05, 0) is 63.1 Å². The lowest BCUT2D eigenvalue weighted by molar-refractivity contribution is 0.0297. The van der Waals surface area contributed by atoms with Crippen LogP contribution in [0.3, 0.4) is 0 Å². The molecule has 1 aromatic carbocycles. The normalized spacial score (nSPS) is 22.2. The fraction of sp³-hybridized carbons (Fsp3) is 0.556. The largest absolute Gasteiger partial charge is 0.378 e. The van der Waals surface area contributed by atoms with Gasteiger partial charge in [-0.2, -0.15) is 5.10 Å². The first kappa shape index (κ1) is 22.4. The first-order chi connectivity index (χ1) is 16.2. The molecule has 0 saturated carbocycles. The number of morpholine rings is 1. The first-order valence-corrected chi connectivity index (χ1v) is 12.6. The van der Waals surface area contributed by atoms with Crippen LogP contribution < -0.4 is 0 Å². The highest BCUT2D eigenvalue weighted by molar-refractivity contribution is 5.94. The summed E-state index contributed by atoms with van der Waals surface area (Å²) in [5, 5.41) is 4.79. The number of ether oxygens (including phenoxy) is 1. The zero-order valence-electron chi connectivity index (χ0n) is 19.6. The maximum Gasteiger partial charge on any atom is 0.274 e. The molecule has 2 saturated heterocycles. The monoisotopic (exact) mass is 448 g/mol. The van der Waals surface area contributed by atoms with Crippen molar-refractivity contribution >= 4 is 5.91 Å². The molecule has 1 aromatic heterocycles. The Kier molecular flexibility index (Phi) is 6.93. The summed E-state index contributed by atoms with van der Waals surface area (Å²) in [7, 11) is 0. The number of hydrogen-bond donors (Lipinski definition) is 0. The van der Waals surface area contributed by atoms with Crippen LogP contribution in [0.5, 0.6) is 0 Å². The number of carbonyl (C=O) groups excluding carboxylic acids is 1. The number of allylic oxidation sites excluding steroid dienone is 1. The number of benzene rings is 1. The van der Waals surface area contributed by atoms with Crippen LogP contribution in [-0.4, -0.2) is 70.9 Å². The van der Waals surface area contributed by atoms with Crippen LogP contribution in [0, 0.1) is 5.92 Å². The Morgan fingerprint density at radius 1 is 1.09 bits per heavy atom. The molecule has 0 unspecified atom stereocenters. The summed E-state index contributed by atoms with van der Waals surface area (Å²) >= 11 is 0. The molecule has 176 valence electrons. The van der Waals surface area contributed by atoms with Gasteiger partial charge in [0.1, 0.15) is 0 Å². The van der Waals surface area contributed by atoms with Crippen LogP contribution in [0.25, 0.3) is 0 Å². The van der Waals surface area contributed by atoms with Gasteiger partial charge in [-0.3, -0.25) is 9.48 Å². The lowest BCUT2D eigenvalue weighted by Gasteiger charge is -2.39. The Hall–Kier alpha value is -2.44. The van der Waals surface area contributed by atoms with Gasteiger partial charge in [-0.25, -0.2) is 0 Å². The highest BCUT2D eigenvalue weighted by Gasteiger charge is 2.34. The number of aromatic nitrogens is 2. The first-order valence-electron chi connectivity index (χ1n) is 12.6. The third kappa shape index (κ3) is 4.92. The van der Waals surface area contributed by atoms with E-state index in [-0.39, 0.29) is 5.91 Å². The van der Waals surface area contributed by atoms with Gasteiger partial charge in [0.15, 0.2) is 5.69 Å². The maximum atomic E-state index is 13.3. The van der Waals surface area contributed by atoms with Crippen molar-refractivity contribution in [2.75, 3.05) is 39.4 Å². The average Bonchev–Trinajstić information content (AvgIpc) is 3.23. The highest BCUT2D eigenvalue weighted by Crippen LogP contribution is 2.31. The molecule has 0 radical (unpaired) electrons. The molecule has 33 heavy (non-hydrogen) atoms. The molecule has 0 N–H and O–H groups in total. The summed E-state index contributed by atoms with van der Waals surface area (Å²) in [4.78, 5) is 17.9. The van der Waals surface area contributed by atoms with Crippen molar-refractivity contribution in [2.24, 2.45) is 5.92 Å². The van der Waals surface area contributed by atoms with Gasteiger partial charge in [0.2, 0.25) is 0 Å². The van der Waals surface area contributed by atoms with Gasteiger partial charge in [0.05, 0.1) is 19.8 Å². The van der Waals surface area contributed by atoms with Crippen molar-refractivity contribution in [3.05, 3.63) is 65.5 Å². The van der Waals surface area contributed by atoms with E-state index in [1.165, 1.54) is 36.1 Å². The van der Waals surface area contributed by atoms with Crippen molar-refractivity contribution in [3.63, 3.8) is 0 Å². The molecule has 5 rings (SSSR count). The minimum absolute atomic E-state index is 0.0691. The summed E-state index contributed by atoms with van der Waals surface area (Å²) in [6.07, 6.45) is 8.64. The Morgan fingerprint density at radius 2 is 1.85 bits per heavy atom. The zero-order chi connectivity index (χ0) is 22.6. The van der Waals surface area contributed by atoms with Crippen LogP contribution in [0.1, 0.15) is 46.6 Å². The quantitative estimate of drug-likeness (QED) is 0.636. The lowest BCUT2D eigenvalue weighted by Crippen LogP contribution is -2.45. The van der Waals surface area contributed by atoms with Crippen LogP contribution in [0.2, 0.25) is 0 Å². The van der Waals surface area contributed by atoms with E-state index in [0.717, 1.165) is 38.3 Å². The van der Waals surface area contributed by atoms with E-state index in [9.17, 15) is 4.79 Å². The minimum Gasteiger partial charge on any atom is -0.378 e. The van der Waals surface area contributed by atoms with Crippen LogP contribution in [0.15, 0.2) is 43.0 Å². The highest BCUT2D eigenvalue weighted by atomic mass is 16.5. The van der Waals surface area contributed by atoms with E-state index in [2.05, 4.69) is 41.8 Å². The predicted octanol–water partition coefficient (Wildman–Crippen LogP) is 3.35. The van der Waals surface area contributed by atoms with Crippen molar-refractivity contribution in [1.82, 2.24) is 19.6 Å². The number of rotatable bonds is 6. The SMILES string of the molecule is C=CCn1nc(C(=O)N2CCOCC2)c2c1CC[C@@H](N1CCC(Cc3ccccc3)CC1)C2. The van der Waals surface area contributed by atoms with E-state index < -0.39 is 0 Å². The molecule has 0 bridgehead atoms. The van der Waals surface area contributed by atoms with E-state index in [1.807, 2.05) is 15.7 Å². The van der Waals surface area contributed by atoms with Gasteiger partial charge in [0, 0.05) is 30.4 Å². The molecule has 6 heteroatoms. The molecule has 2 aliphatic heterocycles. The Labute approximate surface area is 197 Å². The summed E-state index contributed by atoms with van der Waals surface area (Å²) < 4.78 is 7.46. The summed E-state index contributed by atoms with van der Waals surface area (Å²) in [6.45, 7) is 9.40. The second kappa shape index (κ2) is 10.2. The second-order valence-electron chi connectivity index (χ2n) is 9.71. The molecule has 0 spiro atoms. The Morgan fingerprint density at radius 3 is 2.58 bits per heavy atom. The van der Waals surface area contributed by atoms with E-state index in [0.29, 0.717) is 44.6 Å². The molecule has 1 atom stereocenters. The molecule has 1 amide bonds. The molecular formula is C27H36N4O2. The maximum absolute atomic E-state index is 13.3. The van der Waals surface area contributed by atoms with E-state index in [4.69, 9.17) is 9.84 Å². The van der Waals surface area contributed by atoms with Gasteiger partial charge < -0.3 is 14.5 Å². The van der Waals surface area contributed by atoms with Gasteiger partial charge in [0.25, 0.3) is 5.91 Å². The molecule has 6 nitrogen and oxygen atoms in total. The Bertz CT molecular complexity index is 956. The van der Waals surface area contributed by atoms with E-state index >= 15 is 0 Å². The fourth-order valence-electron chi connectivity index (χ4n) is 5.81. The van der Waals surface area contributed by atoms with Crippen molar-refractivity contribution in [2.45, 2.75) is 51.1 Å². The van der Waals surface area contributed by atoms with Crippen molar-refractivity contribution < 1.29 is 9.53 Å². The third-order valence-corrected chi connectivity index (χ3v) is 7.66. The molecule has 1 aliphatic carbocycles. The number of likely N-dealkylation sites (tertiary alicyclic amines) is 1. The second-order valence-corrected chi connectivity index (χ2v) is 9.71. The predicted molar refractivity (Wildman–Crippen MR) is 129 cm³/mol. The van der Waals surface area contributed by atoms with Gasteiger partial charge in [-0.15, -0.1) is 6.58 Å². The molecule has 2 fully saturated rings. The van der Waals surface area contributed by atoms with Gasteiger partial charge >= 0.3 is 0 Å². The summed E-state index contributed by atoms with van der Waals surface area (Å²) in [6, 6.07) is 11.4. The number of amides is 1. The standard InChI is InChI=1S/C27H36N4O2/c1-2-12-31-25-9-8-23(20-24(25)26(28-31)27(32)30-15-17-33-18-16-30)29-13-10-22(11-14-29)19-21-6-4-3-5-7-21/h2-7,22-23H,1,8-20H2/t23-/m1/s1. The topological polar surface area (TPSA) is 50.6 Å². The smallest absolute Gasteiger partial charge is 0.274 e. The fourth-order valence-corrected chi connectivity index (χ4v) is 5.81. The van der Waals surface area contributed by atoms with Gasteiger partial charge in [-0.1, -0.05) is 36.4 Å². The van der Waals surface area contributed by atoms with Crippen LogP contribution in [0.4, 0.5) is 0 Å². The number of nitrogens with zero attached hydrogens (tertiary/aromatic N) is 4.